The van der Waals surface area contributed by atoms with Crippen LogP contribution in [0.5, 0.6) is 0 Å². The molecule has 1 unspecified atom stereocenters. The summed E-state index contributed by atoms with van der Waals surface area (Å²) < 4.78 is 0. The summed E-state index contributed by atoms with van der Waals surface area (Å²) in [6, 6.07) is 8.54. The number of benzene rings is 1. The zero-order valence-corrected chi connectivity index (χ0v) is 7.01. The molecular weight excluding hydrogens is 173 g/mol. The molecule has 3 nitrogen and oxygen atoms in total. The Labute approximate surface area is 75.6 Å². The molecule has 0 saturated carbocycles. The summed E-state index contributed by atoms with van der Waals surface area (Å²) in [7, 11) is 0. The van der Waals surface area contributed by atoms with Crippen LogP contribution in [-0.2, 0) is 11.2 Å². The van der Waals surface area contributed by atoms with Crippen LogP contribution in [0.25, 0.3) is 0 Å². The third kappa shape index (κ3) is 3.66. The maximum Gasteiger partial charge on any atom is 0.320 e. The Morgan fingerprint density at radius 1 is 1.38 bits per heavy atom. The van der Waals surface area contributed by atoms with Gasteiger partial charge in [0.2, 0.25) is 0 Å². The number of carbonyl (C=O) groups is 1. The molecule has 0 heterocycles. The lowest BCUT2D eigenvalue weighted by molar-refractivity contribution is -0.138. The number of aliphatic carboxylic acids is 1. The van der Waals surface area contributed by atoms with E-state index in [-0.39, 0.29) is 4.70 Å². The first kappa shape index (κ1) is 11.6. The molecule has 4 heteroatoms. The molecule has 1 aromatic carbocycles. The fraction of sp³-hybridized carbons (Fsp3) is 0.222. The van der Waals surface area contributed by atoms with Gasteiger partial charge in [0.1, 0.15) is 6.04 Å². The summed E-state index contributed by atoms with van der Waals surface area (Å²) in [4.78, 5) is 10.4. The van der Waals surface area contributed by atoms with E-state index in [0.717, 1.165) is 5.56 Å². The molecule has 0 aliphatic carbocycles. The predicted octanol–water partition coefficient (Wildman–Crippen LogP) is 0.794. The second kappa shape index (κ2) is 5.27. The highest BCUT2D eigenvalue weighted by molar-refractivity contribution is 5.73. The van der Waals surface area contributed by atoms with E-state index in [0.29, 0.717) is 6.42 Å². The smallest absolute Gasteiger partial charge is 0.320 e. The van der Waals surface area contributed by atoms with Crippen molar-refractivity contribution in [1.29, 1.82) is 0 Å². The molecule has 0 radical (unpaired) electrons. The normalized spacial score (nSPS) is 11.5. The molecule has 72 valence electrons. The molecule has 0 aromatic heterocycles. The lowest BCUT2D eigenvalue weighted by Crippen LogP contribution is -2.32. The van der Waals surface area contributed by atoms with E-state index in [2.05, 4.69) is 0 Å². The Balaban J connectivity index is 0.00000144. The van der Waals surface area contributed by atoms with Crippen molar-refractivity contribution in [3.05, 3.63) is 35.9 Å². The van der Waals surface area contributed by atoms with E-state index in [1.54, 1.807) is 0 Å². The van der Waals surface area contributed by atoms with E-state index in [4.69, 9.17) is 10.8 Å². The number of nitrogens with two attached hydrogens (primary N) is 1. The molecule has 13 heavy (non-hydrogen) atoms. The predicted molar refractivity (Wildman–Crippen MR) is 48.3 cm³/mol. The van der Waals surface area contributed by atoms with E-state index < -0.39 is 12.0 Å². The zero-order chi connectivity index (χ0) is 8.97. The van der Waals surface area contributed by atoms with Crippen molar-refractivity contribution < 1.29 is 14.6 Å². The first-order chi connectivity index (χ1) is 5.70. The summed E-state index contributed by atoms with van der Waals surface area (Å²) in [5, 5.41) is 8.52. The molecule has 0 saturated heterocycles. The van der Waals surface area contributed by atoms with Crippen LogP contribution in [0.3, 0.4) is 0 Å². The van der Waals surface area contributed by atoms with Crippen molar-refractivity contribution in [3.63, 3.8) is 0 Å². The van der Waals surface area contributed by atoms with Crippen molar-refractivity contribution in [1.82, 2.24) is 0 Å². The first-order valence-electron chi connectivity index (χ1n) is 3.72. The van der Waals surface area contributed by atoms with Crippen molar-refractivity contribution in [3.8, 4) is 0 Å². The van der Waals surface area contributed by atoms with Crippen LogP contribution in [-0.4, -0.2) is 17.1 Å². The Bertz CT molecular complexity index is 264. The molecule has 0 aliphatic heterocycles. The summed E-state index contributed by atoms with van der Waals surface area (Å²) in [5.74, 6) is -0.959. The molecule has 1 rings (SSSR count). The lowest BCUT2D eigenvalue weighted by atomic mass is 10.1. The third-order valence-corrected chi connectivity index (χ3v) is 1.62. The molecule has 0 aliphatic rings. The number of hydrogen-bond donors (Lipinski definition) is 2. The van der Waals surface area contributed by atoms with Crippen LogP contribution < -0.4 is 5.73 Å². The standard InChI is InChI=1S/C9H11NO2.FH/c10-8(9(11)12)6-7-4-2-1-3-5-7;/h1-5,8H,6,10H2,(H,11,12);1H. The van der Waals surface area contributed by atoms with Gasteiger partial charge in [-0.25, -0.2) is 0 Å². The zero-order valence-electron chi connectivity index (χ0n) is 7.01. The molecule has 3 N–H and O–H groups in total. The van der Waals surface area contributed by atoms with Crippen LogP contribution in [0, 0.1) is 0 Å². The molecule has 1 atom stereocenters. The second-order valence-electron chi connectivity index (χ2n) is 2.63. The van der Waals surface area contributed by atoms with Gasteiger partial charge in [-0.2, -0.15) is 0 Å². The minimum Gasteiger partial charge on any atom is -0.480 e. The Hall–Kier alpha value is -1.42. The number of rotatable bonds is 3. The van der Waals surface area contributed by atoms with Gasteiger partial charge >= 0.3 is 5.97 Å². The van der Waals surface area contributed by atoms with Crippen LogP contribution in [0.15, 0.2) is 30.3 Å². The lowest BCUT2D eigenvalue weighted by Gasteiger charge is -2.04. The summed E-state index contributed by atoms with van der Waals surface area (Å²) in [6.07, 6.45) is 0.385. The minimum atomic E-state index is -0.959. The second-order valence-corrected chi connectivity index (χ2v) is 2.63. The summed E-state index contributed by atoms with van der Waals surface area (Å²) in [6.45, 7) is 0. The molecule has 0 bridgehead atoms. The molecular formula is C9H12FNO2. The van der Waals surface area contributed by atoms with Crippen molar-refractivity contribution >= 4 is 5.97 Å². The van der Waals surface area contributed by atoms with Crippen LogP contribution in [0.4, 0.5) is 4.70 Å². The van der Waals surface area contributed by atoms with Gasteiger partial charge in [0.15, 0.2) is 0 Å². The highest BCUT2D eigenvalue weighted by Crippen LogP contribution is 2.01. The van der Waals surface area contributed by atoms with Gasteiger partial charge in [0.25, 0.3) is 0 Å². The maximum atomic E-state index is 10.4. The number of hydrogen-bond acceptors (Lipinski definition) is 2. The largest absolute Gasteiger partial charge is 0.480 e. The van der Waals surface area contributed by atoms with Crippen molar-refractivity contribution in [2.24, 2.45) is 5.73 Å². The molecule has 1 aromatic rings. The van der Waals surface area contributed by atoms with Gasteiger partial charge in [-0.15, -0.1) is 0 Å². The van der Waals surface area contributed by atoms with Gasteiger partial charge < -0.3 is 10.8 Å². The fourth-order valence-electron chi connectivity index (χ4n) is 0.955. The topological polar surface area (TPSA) is 63.3 Å². The third-order valence-electron chi connectivity index (χ3n) is 1.62. The number of carboxylic acids is 1. The van der Waals surface area contributed by atoms with Gasteiger partial charge in [0, 0.05) is 0 Å². The van der Waals surface area contributed by atoms with E-state index in [9.17, 15) is 4.79 Å². The molecule has 0 fully saturated rings. The van der Waals surface area contributed by atoms with E-state index in [1.165, 1.54) is 0 Å². The average molecular weight is 185 g/mol. The average Bonchev–Trinajstić information content (AvgIpc) is 2.06. The van der Waals surface area contributed by atoms with Crippen LogP contribution >= 0.6 is 0 Å². The Morgan fingerprint density at radius 2 is 1.92 bits per heavy atom. The van der Waals surface area contributed by atoms with Gasteiger partial charge in [-0.1, -0.05) is 30.3 Å². The highest BCUT2D eigenvalue weighted by Gasteiger charge is 2.10. The molecule has 0 amide bonds. The highest BCUT2D eigenvalue weighted by atomic mass is 19.0. The van der Waals surface area contributed by atoms with Gasteiger partial charge in [-0.05, 0) is 12.0 Å². The Kier molecular flexibility index (Phi) is 4.69. The van der Waals surface area contributed by atoms with Gasteiger partial charge in [0.05, 0.1) is 0 Å². The summed E-state index contributed by atoms with van der Waals surface area (Å²) >= 11 is 0. The monoisotopic (exact) mass is 185 g/mol. The number of halogens is 1. The fourth-order valence-corrected chi connectivity index (χ4v) is 0.955. The summed E-state index contributed by atoms with van der Waals surface area (Å²) in [5.41, 5.74) is 6.30. The van der Waals surface area contributed by atoms with Crippen LogP contribution in [0.2, 0.25) is 0 Å². The van der Waals surface area contributed by atoms with E-state index >= 15 is 0 Å². The van der Waals surface area contributed by atoms with Crippen molar-refractivity contribution in [2.45, 2.75) is 12.5 Å². The number of carboxylic acid groups (broad SMARTS) is 1. The quantitative estimate of drug-likeness (QED) is 0.731. The SMILES string of the molecule is F.NC(Cc1ccccc1)C(=O)O. The minimum absolute atomic E-state index is 0. The Morgan fingerprint density at radius 3 is 2.38 bits per heavy atom. The first-order valence-corrected chi connectivity index (χ1v) is 3.72. The van der Waals surface area contributed by atoms with Crippen molar-refractivity contribution in [2.75, 3.05) is 0 Å². The maximum absolute atomic E-state index is 10.4. The van der Waals surface area contributed by atoms with Gasteiger partial charge in [-0.3, -0.25) is 9.50 Å². The van der Waals surface area contributed by atoms with Crippen LogP contribution in [0.1, 0.15) is 5.56 Å². The molecule has 0 spiro atoms. The van der Waals surface area contributed by atoms with E-state index in [1.807, 2.05) is 30.3 Å².